The highest BCUT2D eigenvalue weighted by molar-refractivity contribution is 6.17. The van der Waals surface area contributed by atoms with Gasteiger partial charge in [0.25, 0.3) is 0 Å². The molecule has 0 aliphatic heterocycles. The highest BCUT2D eigenvalue weighted by atomic mass is 35.5. The van der Waals surface area contributed by atoms with Crippen LogP contribution in [0.2, 0.25) is 0 Å². The maximum absolute atomic E-state index is 13.4. The number of halogens is 6. The van der Waals surface area contributed by atoms with Gasteiger partial charge in [-0.1, -0.05) is 12.8 Å². The summed E-state index contributed by atoms with van der Waals surface area (Å²) in [5.41, 5.74) is 0. The summed E-state index contributed by atoms with van der Waals surface area (Å²) in [6, 6.07) is 0. The molecule has 0 N–H and O–H groups in total. The van der Waals surface area contributed by atoms with Crippen LogP contribution in [0.25, 0.3) is 0 Å². The summed E-state index contributed by atoms with van der Waals surface area (Å²) in [5.74, 6) is -13.4. The summed E-state index contributed by atoms with van der Waals surface area (Å²) in [5, 5.41) is 0. The Labute approximate surface area is 194 Å². The van der Waals surface area contributed by atoms with Gasteiger partial charge in [0.15, 0.2) is 0 Å². The average Bonchev–Trinajstić information content (AvgIpc) is 2.81. The normalized spacial score (nSPS) is 11.2. The zero-order valence-electron chi connectivity index (χ0n) is 18.1. The molecule has 0 aliphatic rings. The molecule has 1 rings (SSSR count). The molecule has 0 saturated carbocycles. The fourth-order valence-electron chi connectivity index (χ4n) is 2.41. The number of hydrogen-bond acceptors (Lipinski definition) is 6. The first-order valence-electron chi connectivity index (χ1n) is 10.5. The number of rotatable bonds is 19. The van der Waals surface area contributed by atoms with E-state index in [0.717, 1.165) is 25.7 Å². The number of ether oxygens (including phenoxy) is 5. The lowest BCUT2D eigenvalue weighted by Gasteiger charge is -2.09. The van der Waals surface area contributed by atoms with Crippen LogP contribution in [0.5, 0.6) is 5.75 Å². The van der Waals surface area contributed by atoms with Crippen LogP contribution in [0.4, 0.5) is 22.0 Å². The van der Waals surface area contributed by atoms with Crippen molar-refractivity contribution in [2.45, 2.75) is 32.1 Å². The largest absolute Gasteiger partial charge is 0.420 e. The molecule has 0 heterocycles. The minimum Gasteiger partial charge on any atom is -0.420 e. The second-order valence-corrected chi connectivity index (χ2v) is 7.05. The van der Waals surface area contributed by atoms with E-state index in [9.17, 15) is 26.7 Å². The summed E-state index contributed by atoms with van der Waals surface area (Å²) in [7, 11) is 0. The minimum absolute atomic E-state index is 0.114. The van der Waals surface area contributed by atoms with Gasteiger partial charge >= 0.3 is 5.97 Å². The van der Waals surface area contributed by atoms with Crippen molar-refractivity contribution in [3.8, 4) is 5.75 Å². The molecule has 0 fully saturated rings. The number of carbonyl (C=O) groups excluding carboxylic acids is 1. The number of carbonyl (C=O) groups is 1. The Balaban J connectivity index is 1.99. The van der Waals surface area contributed by atoms with E-state index >= 15 is 0 Å². The third kappa shape index (κ3) is 11.9. The fourth-order valence-corrected chi connectivity index (χ4v) is 2.60. The van der Waals surface area contributed by atoms with Gasteiger partial charge in [0, 0.05) is 12.5 Å². The van der Waals surface area contributed by atoms with Gasteiger partial charge < -0.3 is 23.7 Å². The van der Waals surface area contributed by atoms with Gasteiger partial charge in [-0.05, 0) is 12.8 Å². The summed E-state index contributed by atoms with van der Waals surface area (Å²) in [4.78, 5) is 11.5. The first kappa shape index (κ1) is 29.5. The van der Waals surface area contributed by atoms with Crippen molar-refractivity contribution in [1.29, 1.82) is 0 Å². The van der Waals surface area contributed by atoms with Crippen LogP contribution in [0.15, 0.2) is 0 Å². The maximum atomic E-state index is 13.4. The van der Waals surface area contributed by atoms with Gasteiger partial charge in [-0.25, -0.2) is 13.2 Å². The van der Waals surface area contributed by atoms with Crippen molar-refractivity contribution in [3.63, 3.8) is 0 Å². The van der Waals surface area contributed by atoms with Gasteiger partial charge in [0.2, 0.25) is 34.8 Å². The molecule has 12 heteroatoms. The fraction of sp³-hybridized carbons (Fsp3) is 0.667. The van der Waals surface area contributed by atoms with E-state index in [1.54, 1.807) is 0 Å². The summed E-state index contributed by atoms with van der Waals surface area (Å²) < 4.78 is 91.3. The molecule has 0 unspecified atom stereocenters. The molecule has 1 aromatic rings. The maximum Gasteiger partial charge on any atom is 0.313 e. The zero-order valence-corrected chi connectivity index (χ0v) is 18.9. The first-order valence-corrected chi connectivity index (χ1v) is 11.0. The molecular weight excluding hydrogens is 479 g/mol. The van der Waals surface area contributed by atoms with Gasteiger partial charge in [0.05, 0.1) is 52.7 Å². The molecule has 1 aromatic carbocycles. The molecule has 0 saturated heterocycles. The van der Waals surface area contributed by atoms with Crippen molar-refractivity contribution in [3.05, 3.63) is 29.1 Å². The molecule has 190 valence electrons. The molecule has 0 atom stereocenters. The standard InChI is InChI=1S/C21H28ClF5O6/c22-6-3-1-2-4-7-29-9-11-31-13-14-32-12-10-30-8-5-15(28)33-21-19(26)17(24)16(23)18(25)20(21)27/h1-14H2. The van der Waals surface area contributed by atoms with Gasteiger partial charge in [-0.2, -0.15) is 8.78 Å². The van der Waals surface area contributed by atoms with E-state index in [1.165, 1.54) is 0 Å². The quantitative estimate of drug-likeness (QED) is 0.0522. The van der Waals surface area contributed by atoms with Crippen LogP contribution in [0, 0.1) is 29.1 Å². The van der Waals surface area contributed by atoms with Crippen LogP contribution >= 0.6 is 11.6 Å². The van der Waals surface area contributed by atoms with Crippen LogP contribution in [0.1, 0.15) is 32.1 Å². The lowest BCUT2D eigenvalue weighted by Crippen LogP contribution is -2.16. The number of unbranched alkanes of at least 4 members (excludes halogenated alkanes) is 3. The number of esters is 1. The Morgan fingerprint density at radius 1 is 0.576 bits per heavy atom. The van der Waals surface area contributed by atoms with Gasteiger partial charge in [0.1, 0.15) is 0 Å². The van der Waals surface area contributed by atoms with Crippen molar-refractivity contribution < 1.29 is 50.4 Å². The van der Waals surface area contributed by atoms with E-state index < -0.39 is 47.2 Å². The highest BCUT2D eigenvalue weighted by Gasteiger charge is 2.28. The highest BCUT2D eigenvalue weighted by Crippen LogP contribution is 2.29. The third-order valence-electron chi connectivity index (χ3n) is 4.12. The van der Waals surface area contributed by atoms with Crippen LogP contribution < -0.4 is 4.74 Å². The molecule has 6 nitrogen and oxygen atoms in total. The topological polar surface area (TPSA) is 63.2 Å². The van der Waals surface area contributed by atoms with E-state index in [-0.39, 0.29) is 19.8 Å². The van der Waals surface area contributed by atoms with Crippen molar-refractivity contribution >= 4 is 17.6 Å². The monoisotopic (exact) mass is 506 g/mol. The van der Waals surface area contributed by atoms with Crippen LogP contribution in [-0.2, 0) is 23.7 Å². The van der Waals surface area contributed by atoms with Crippen LogP contribution in [0.3, 0.4) is 0 Å². The molecular formula is C21H28ClF5O6. The predicted octanol–water partition coefficient (Wildman–Crippen LogP) is 4.54. The molecule has 0 amide bonds. The Hall–Kier alpha value is -1.53. The number of hydrogen-bond donors (Lipinski definition) is 0. The predicted molar refractivity (Wildman–Crippen MR) is 109 cm³/mol. The van der Waals surface area contributed by atoms with Crippen LogP contribution in [-0.4, -0.2) is 64.7 Å². The van der Waals surface area contributed by atoms with E-state index in [4.69, 9.17) is 30.5 Å². The van der Waals surface area contributed by atoms with E-state index in [2.05, 4.69) is 4.74 Å². The summed E-state index contributed by atoms with van der Waals surface area (Å²) in [6.07, 6.45) is 3.75. The molecule has 33 heavy (non-hydrogen) atoms. The third-order valence-corrected chi connectivity index (χ3v) is 4.39. The van der Waals surface area contributed by atoms with Crippen molar-refractivity contribution in [2.75, 3.05) is 58.7 Å². The van der Waals surface area contributed by atoms with Gasteiger partial charge in [-0.15, -0.1) is 11.6 Å². The van der Waals surface area contributed by atoms with Gasteiger partial charge in [-0.3, -0.25) is 4.79 Å². The summed E-state index contributed by atoms with van der Waals surface area (Å²) in [6.45, 7) is 2.45. The SMILES string of the molecule is O=C(CCOCCOCCOCCOCCCCCCCl)Oc1c(F)c(F)c(F)c(F)c1F. The number of alkyl halides is 1. The average molecular weight is 507 g/mol. The lowest BCUT2D eigenvalue weighted by molar-refractivity contribution is -0.136. The Morgan fingerprint density at radius 3 is 1.52 bits per heavy atom. The van der Waals surface area contributed by atoms with E-state index in [0.29, 0.717) is 38.9 Å². The Morgan fingerprint density at radius 2 is 1.00 bits per heavy atom. The van der Waals surface area contributed by atoms with E-state index in [1.807, 2.05) is 0 Å². The molecule has 0 aliphatic carbocycles. The van der Waals surface area contributed by atoms with Crippen molar-refractivity contribution in [1.82, 2.24) is 0 Å². The summed E-state index contributed by atoms with van der Waals surface area (Å²) >= 11 is 5.59. The minimum atomic E-state index is -2.34. The second kappa shape index (κ2) is 17.9. The molecule has 0 spiro atoms. The number of benzene rings is 1. The first-order chi connectivity index (χ1) is 15.9. The Kier molecular flexibility index (Phi) is 16.0. The molecule has 0 bridgehead atoms. The second-order valence-electron chi connectivity index (χ2n) is 6.68. The smallest absolute Gasteiger partial charge is 0.313 e. The lowest BCUT2D eigenvalue weighted by atomic mass is 10.2. The Bertz CT molecular complexity index is 681. The zero-order chi connectivity index (χ0) is 24.5. The molecule has 0 radical (unpaired) electrons. The molecule has 0 aromatic heterocycles. The van der Waals surface area contributed by atoms with Crippen molar-refractivity contribution in [2.24, 2.45) is 0 Å².